The fourth-order valence-electron chi connectivity index (χ4n) is 4.02. The summed E-state index contributed by atoms with van der Waals surface area (Å²) in [5.41, 5.74) is 11.6. The minimum absolute atomic E-state index is 0. The largest absolute Gasteiger partial charge is 0.359 e. The van der Waals surface area contributed by atoms with E-state index in [0.717, 1.165) is 35.1 Å². The van der Waals surface area contributed by atoms with Crippen molar-refractivity contribution < 1.29 is 28.8 Å². The summed E-state index contributed by atoms with van der Waals surface area (Å²) < 4.78 is 0. The molecule has 20 heteroatoms. The second-order valence-electron chi connectivity index (χ2n) is 10.7. The molecule has 0 aromatic heterocycles. The van der Waals surface area contributed by atoms with Gasteiger partial charge < -0.3 is 43.4 Å². The number of nitrogens with zero attached hydrogens (tertiary/aromatic N) is 4. The number of thiol groups is 1. The van der Waals surface area contributed by atoms with Crippen molar-refractivity contribution in [3.8, 4) is 0 Å². The molecule has 2 rings (SSSR count). The van der Waals surface area contributed by atoms with Gasteiger partial charge >= 0.3 is 0 Å². The first-order valence-electron chi connectivity index (χ1n) is 16.1. The van der Waals surface area contributed by atoms with Gasteiger partial charge in [0.15, 0.2) is 11.9 Å². The molecular weight excluding hydrogens is 701 g/mol. The van der Waals surface area contributed by atoms with Crippen molar-refractivity contribution >= 4 is 71.8 Å². The lowest BCUT2D eigenvalue weighted by atomic mass is 10.1. The first kappa shape index (κ1) is 49.2. The van der Waals surface area contributed by atoms with Gasteiger partial charge in [0.05, 0.1) is 17.3 Å². The predicted molar refractivity (Wildman–Crippen MR) is 207 cm³/mol. The van der Waals surface area contributed by atoms with Crippen molar-refractivity contribution in [1.82, 2.24) is 41.7 Å². The Morgan fingerprint density at radius 1 is 0.824 bits per heavy atom. The van der Waals surface area contributed by atoms with Gasteiger partial charge in [-0.05, 0) is 25.7 Å². The number of carbonyl (C=O) groups is 6. The van der Waals surface area contributed by atoms with Crippen LogP contribution >= 0.6 is 24.4 Å². The summed E-state index contributed by atoms with van der Waals surface area (Å²) in [5, 5.41) is 17.1. The molecule has 1 saturated heterocycles. The number of thioether (sulfide) groups is 1. The van der Waals surface area contributed by atoms with Crippen molar-refractivity contribution in [1.29, 1.82) is 0 Å². The van der Waals surface area contributed by atoms with Gasteiger partial charge in [-0.25, -0.2) is 0 Å². The lowest BCUT2D eigenvalue weighted by molar-refractivity contribution is -0.137. The van der Waals surface area contributed by atoms with Crippen LogP contribution in [0.4, 0.5) is 0 Å². The Balaban J connectivity index is 0. The molecule has 0 bridgehead atoms. The standard InChI is InChI=1S/C15H28N6O3S.C10H23N5OS.C5H5NO2.CH4/c1-17-15(18-2)20-6-4-5-10(16)13(23)19-7-8-25-11-9-12(22)21(3)14(11)24;1-12-10(13-2)15-5-3-4-8(11)9(16)14-6-7-17;1-6-4(7)2-3-5(6)8;/h10-11H,4-9,16H2,1-3H3,(H,19,23)(H2,17,18,20);8,17H,3-7,11H2,1-2H3,(H,14,16)(H2,12,13,15);2-3H,1H3;1H4. The van der Waals surface area contributed by atoms with E-state index < -0.39 is 12.1 Å². The fraction of sp³-hybridized carbons (Fsp3) is 0.677. The van der Waals surface area contributed by atoms with Crippen LogP contribution in [0.15, 0.2) is 22.1 Å². The number of rotatable bonds is 16. The summed E-state index contributed by atoms with van der Waals surface area (Å²) >= 11 is 5.39. The Labute approximate surface area is 312 Å². The number of nitrogens with two attached hydrogens (primary N) is 2. The van der Waals surface area contributed by atoms with Crippen molar-refractivity contribution in [3.63, 3.8) is 0 Å². The number of likely N-dealkylation sites (N-methyl/N-ethyl adjacent to an activating group) is 1. The molecule has 2 heterocycles. The van der Waals surface area contributed by atoms with Gasteiger partial charge in [-0.15, -0.1) is 11.8 Å². The number of aliphatic imine (C=N–C) groups is 2. The summed E-state index contributed by atoms with van der Waals surface area (Å²) in [6, 6.07) is -1.02. The van der Waals surface area contributed by atoms with Gasteiger partial charge in [0, 0.05) is 98.5 Å². The van der Waals surface area contributed by atoms with Crippen LogP contribution in [0.25, 0.3) is 0 Å². The molecule has 0 aromatic rings. The third kappa shape index (κ3) is 20.5. The molecule has 0 saturated carbocycles. The molecule has 51 heavy (non-hydrogen) atoms. The minimum atomic E-state index is -0.566. The molecule has 18 nitrogen and oxygen atoms in total. The van der Waals surface area contributed by atoms with Crippen molar-refractivity contribution in [3.05, 3.63) is 12.2 Å². The van der Waals surface area contributed by atoms with Gasteiger partial charge in [0.1, 0.15) is 0 Å². The van der Waals surface area contributed by atoms with Crippen LogP contribution in [0, 0.1) is 0 Å². The molecule has 0 radical (unpaired) electrons. The molecular formula is C31H60N12O6S2. The highest BCUT2D eigenvalue weighted by Crippen LogP contribution is 2.23. The van der Waals surface area contributed by atoms with Crippen LogP contribution in [-0.2, 0) is 28.8 Å². The molecule has 2 aliphatic heterocycles. The van der Waals surface area contributed by atoms with E-state index in [2.05, 4.69) is 54.5 Å². The fourth-order valence-corrected chi connectivity index (χ4v) is 5.20. The maximum absolute atomic E-state index is 11.9. The predicted octanol–water partition coefficient (Wildman–Crippen LogP) is -2.39. The van der Waals surface area contributed by atoms with Gasteiger partial charge in [-0.3, -0.25) is 48.6 Å². The van der Waals surface area contributed by atoms with Crippen molar-refractivity contribution in [2.24, 2.45) is 21.5 Å². The smallest absolute Gasteiger partial charge is 0.253 e. The number of guanidine groups is 2. The first-order chi connectivity index (χ1) is 23.8. The molecule has 6 amide bonds. The van der Waals surface area contributed by atoms with Crippen molar-refractivity contribution in [2.75, 3.05) is 80.0 Å². The third-order valence-electron chi connectivity index (χ3n) is 7.06. The molecule has 2 aliphatic rings. The molecule has 3 atom stereocenters. The van der Waals surface area contributed by atoms with Crippen LogP contribution < -0.4 is 43.4 Å². The number of hydrogen-bond donors (Lipinski definition) is 9. The maximum atomic E-state index is 11.9. The highest BCUT2D eigenvalue weighted by atomic mass is 32.2. The normalized spacial score (nSPS) is 16.6. The molecule has 3 unspecified atom stereocenters. The summed E-state index contributed by atoms with van der Waals surface area (Å²) in [5.74, 6) is 1.50. The number of imide groups is 2. The van der Waals surface area contributed by atoms with Crippen LogP contribution in [0.2, 0.25) is 0 Å². The highest BCUT2D eigenvalue weighted by Gasteiger charge is 2.36. The summed E-state index contributed by atoms with van der Waals surface area (Å²) in [7, 11) is 9.90. The molecule has 10 N–H and O–H groups in total. The summed E-state index contributed by atoms with van der Waals surface area (Å²) in [6.07, 6.45) is 5.51. The van der Waals surface area contributed by atoms with Crippen LogP contribution in [0.1, 0.15) is 39.5 Å². The average Bonchev–Trinajstić information content (AvgIpc) is 3.54. The summed E-state index contributed by atoms with van der Waals surface area (Å²) in [6.45, 7) is 2.39. The van der Waals surface area contributed by atoms with Gasteiger partial charge in [-0.1, -0.05) is 7.43 Å². The van der Waals surface area contributed by atoms with Gasteiger partial charge in [0.2, 0.25) is 23.6 Å². The van der Waals surface area contributed by atoms with Crippen LogP contribution in [-0.4, -0.2) is 154 Å². The maximum Gasteiger partial charge on any atom is 0.253 e. The second-order valence-corrected chi connectivity index (χ2v) is 12.5. The summed E-state index contributed by atoms with van der Waals surface area (Å²) in [4.78, 5) is 77.5. The Morgan fingerprint density at radius 3 is 1.61 bits per heavy atom. The monoisotopic (exact) mass is 760 g/mol. The van der Waals surface area contributed by atoms with E-state index in [-0.39, 0.29) is 54.5 Å². The van der Waals surface area contributed by atoms with Crippen LogP contribution in [0.3, 0.4) is 0 Å². The van der Waals surface area contributed by atoms with Gasteiger partial charge in [-0.2, -0.15) is 12.6 Å². The molecule has 0 aromatic carbocycles. The van der Waals surface area contributed by atoms with Crippen molar-refractivity contribution in [2.45, 2.75) is 56.9 Å². The number of likely N-dealkylation sites (tertiary alicyclic amines) is 1. The zero-order valence-corrected chi connectivity index (χ0v) is 31.6. The number of amides is 6. The van der Waals surface area contributed by atoms with Crippen LogP contribution in [0.5, 0.6) is 0 Å². The Hall–Kier alpha value is -3.88. The van der Waals surface area contributed by atoms with E-state index >= 15 is 0 Å². The number of carbonyl (C=O) groups excluding carboxylic acids is 6. The SMILES string of the molecule is C.CN1C(=O)C=CC1=O.CN=C(NC)NCCCC(N)C(=O)NCCS.CN=C(NC)NCCCC(N)C(=O)NCCSC1CC(=O)N(C)C1=O. The Kier molecular flexibility index (Phi) is 27.8. The Morgan fingerprint density at radius 2 is 1.27 bits per heavy atom. The van der Waals surface area contributed by atoms with E-state index in [4.69, 9.17) is 11.5 Å². The minimum Gasteiger partial charge on any atom is -0.359 e. The molecule has 0 spiro atoms. The number of nitrogens with one attached hydrogen (secondary N) is 6. The quantitative estimate of drug-likeness (QED) is 0.0262. The Bertz CT molecular complexity index is 1190. The zero-order valence-electron chi connectivity index (χ0n) is 29.9. The van der Waals surface area contributed by atoms with E-state index in [9.17, 15) is 28.8 Å². The second kappa shape index (κ2) is 28.8. The number of hydrogen-bond acceptors (Lipinski definition) is 12. The van der Waals surface area contributed by atoms with E-state index in [1.807, 2.05) is 0 Å². The topological polar surface area (TPSA) is 258 Å². The zero-order chi connectivity index (χ0) is 38.1. The lowest BCUT2D eigenvalue weighted by Gasteiger charge is -2.14. The highest BCUT2D eigenvalue weighted by molar-refractivity contribution is 8.00. The third-order valence-corrected chi connectivity index (χ3v) is 8.50. The average molecular weight is 761 g/mol. The molecule has 292 valence electrons. The van der Waals surface area contributed by atoms with E-state index in [0.29, 0.717) is 49.9 Å². The lowest BCUT2D eigenvalue weighted by Crippen LogP contribution is -2.42. The molecule has 1 fully saturated rings. The van der Waals surface area contributed by atoms with Gasteiger partial charge in [0.25, 0.3) is 11.8 Å². The van der Waals surface area contributed by atoms with E-state index in [1.165, 1.54) is 38.0 Å². The molecule has 0 aliphatic carbocycles. The van der Waals surface area contributed by atoms with E-state index in [1.54, 1.807) is 28.2 Å². The first-order valence-corrected chi connectivity index (χ1v) is 17.8.